The lowest BCUT2D eigenvalue weighted by Crippen LogP contribution is -2.27. The molecule has 3 N–H and O–H groups in total. The summed E-state index contributed by atoms with van der Waals surface area (Å²) >= 11 is 0. The number of hydrogen-bond donors (Lipinski definition) is 2. The van der Waals surface area contributed by atoms with Crippen LogP contribution in [0.5, 0.6) is 0 Å². The van der Waals surface area contributed by atoms with Gasteiger partial charge in [-0.2, -0.15) is 0 Å². The maximum absolute atomic E-state index is 13.1. The molecule has 7 heteroatoms. The van der Waals surface area contributed by atoms with Crippen LogP contribution in [-0.2, 0) is 10.0 Å². The summed E-state index contributed by atoms with van der Waals surface area (Å²) in [5, 5.41) is 0. The number of nitrogens with zero attached hydrogens (tertiary/aromatic N) is 1. The Kier molecular flexibility index (Phi) is 4.01. The van der Waals surface area contributed by atoms with Gasteiger partial charge in [0.25, 0.3) is 0 Å². The number of benzene rings is 1. The van der Waals surface area contributed by atoms with Crippen LogP contribution in [-0.4, -0.2) is 13.4 Å². The molecule has 1 heterocycles. The number of nitrogens with two attached hydrogens (primary N) is 1. The molecule has 0 fully saturated rings. The summed E-state index contributed by atoms with van der Waals surface area (Å²) < 4.78 is 39.9. The molecule has 0 radical (unpaired) electrons. The molecule has 0 amide bonds. The van der Waals surface area contributed by atoms with Gasteiger partial charge in [0, 0.05) is 18.4 Å². The van der Waals surface area contributed by atoms with Crippen molar-refractivity contribution < 1.29 is 12.8 Å². The average Bonchev–Trinajstić information content (AvgIpc) is 2.42. The molecule has 5 nitrogen and oxygen atoms in total. The van der Waals surface area contributed by atoms with Crippen molar-refractivity contribution in [2.45, 2.75) is 17.9 Å². The molecular weight excluding hydrogens is 281 g/mol. The Morgan fingerprint density at radius 3 is 2.50 bits per heavy atom. The van der Waals surface area contributed by atoms with Crippen molar-refractivity contribution in [1.82, 2.24) is 9.71 Å². The number of pyridine rings is 1. The first-order chi connectivity index (χ1) is 9.40. The minimum absolute atomic E-state index is 0.0719. The average molecular weight is 295 g/mol. The second-order valence-electron chi connectivity index (χ2n) is 4.31. The van der Waals surface area contributed by atoms with Crippen LogP contribution < -0.4 is 10.5 Å². The quantitative estimate of drug-likeness (QED) is 0.843. The van der Waals surface area contributed by atoms with Gasteiger partial charge in [-0.25, -0.2) is 17.5 Å². The lowest BCUT2D eigenvalue weighted by molar-refractivity contribution is 0.566. The lowest BCUT2D eigenvalue weighted by atomic mass is 10.1. The van der Waals surface area contributed by atoms with E-state index in [1.807, 2.05) is 0 Å². The molecular formula is C13H14FN3O2S. The largest absolute Gasteiger partial charge is 0.396 e. The third-order valence-corrected chi connectivity index (χ3v) is 4.35. The minimum Gasteiger partial charge on any atom is -0.396 e. The van der Waals surface area contributed by atoms with E-state index in [-0.39, 0.29) is 10.6 Å². The summed E-state index contributed by atoms with van der Waals surface area (Å²) in [5.41, 5.74) is 5.96. The van der Waals surface area contributed by atoms with Crippen LogP contribution in [0.2, 0.25) is 0 Å². The molecule has 0 aliphatic heterocycles. The van der Waals surface area contributed by atoms with Gasteiger partial charge in [0.05, 0.1) is 10.6 Å². The third kappa shape index (κ3) is 3.12. The monoisotopic (exact) mass is 295 g/mol. The molecule has 1 aromatic carbocycles. The zero-order valence-corrected chi connectivity index (χ0v) is 11.6. The summed E-state index contributed by atoms with van der Waals surface area (Å²) in [6.45, 7) is 1.71. The molecule has 0 aliphatic carbocycles. The fourth-order valence-electron chi connectivity index (χ4n) is 1.71. The van der Waals surface area contributed by atoms with Gasteiger partial charge in [-0.1, -0.05) is 0 Å². The Morgan fingerprint density at radius 2 is 1.90 bits per heavy atom. The van der Waals surface area contributed by atoms with E-state index in [0.717, 1.165) is 17.7 Å². The van der Waals surface area contributed by atoms with E-state index in [9.17, 15) is 12.8 Å². The lowest BCUT2D eigenvalue weighted by Gasteiger charge is -2.14. The summed E-state index contributed by atoms with van der Waals surface area (Å²) in [5.74, 6) is -0.647. The predicted molar refractivity (Wildman–Crippen MR) is 73.8 cm³/mol. The molecule has 1 atom stereocenters. The molecule has 1 aromatic heterocycles. The Morgan fingerprint density at radius 1 is 1.25 bits per heavy atom. The van der Waals surface area contributed by atoms with Crippen molar-refractivity contribution in [3.05, 3.63) is 54.1 Å². The molecule has 0 bridgehead atoms. The smallest absolute Gasteiger partial charge is 0.241 e. The normalized spacial score (nSPS) is 13.1. The summed E-state index contributed by atoms with van der Waals surface area (Å²) in [6, 6.07) is 6.29. The molecule has 1 unspecified atom stereocenters. The Hall–Kier alpha value is -1.99. The molecule has 2 rings (SSSR count). The Labute approximate surface area is 116 Å². The standard InChI is InChI=1S/C13H14FN3O2S/c1-9(10-4-6-16-7-5-10)17-20(18,19)11-2-3-12(14)13(15)8-11/h2-9,17H,15H2,1H3. The molecule has 20 heavy (non-hydrogen) atoms. The molecule has 0 saturated heterocycles. The minimum atomic E-state index is -3.76. The fraction of sp³-hybridized carbons (Fsp3) is 0.154. The van der Waals surface area contributed by atoms with Crippen LogP contribution in [0.1, 0.15) is 18.5 Å². The van der Waals surface area contributed by atoms with Gasteiger partial charge in [-0.3, -0.25) is 4.98 Å². The SMILES string of the molecule is CC(NS(=O)(=O)c1ccc(F)c(N)c1)c1ccncc1. The van der Waals surface area contributed by atoms with E-state index in [0.29, 0.717) is 0 Å². The summed E-state index contributed by atoms with van der Waals surface area (Å²) in [6.07, 6.45) is 3.16. The maximum Gasteiger partial charge on any atom is 0.241 e. The van der Waals surface area contributed by atoms with E-state index < -0.39 is 21.9 Å². The van der Waals surface area contributed by atoms with Gasteiger partial charge in [-0.05, 0) is 42.8 Å². The van der Waals surface area contributed by atoms with Crippen LogP contribution in [0, 0.1) is 5.82 Å². The van der Waals surface area contributed by atoms with Crippen LogP contribution in [0.4, 0.5) is 10.1 Å². The van der Waals surface area contributed by atoms with Crippen LogP contribution in [0.25, 0.3) is 0 Å². The number of hydrogen-bond acceptors (Lipinski definition) is 4. The van der Waals surface area contributed by atoms with Crippen molar-refractivity contribution in [2.24, 2.45) is 0 Å². The van der Waals surface area contributed by atoms with Gasteiger partial charge in [-0.15, -0.1) is 0 Å². The zero-order valence-electron chi connectivity index (χ0n) is 10.7. The van der Waals surface area contributed by atoms with Gasteiger partial charge in [0.2, 0.25) is 10.0 Å². The van der Waals surface area contributed by atoms with Crippen LogP contribution in [0.15, 0.2) is 47.6 Å². The van der Waals surface area contributed by atoms with Gasteiger partial charge < -0.3 is 5.73 Å². The topological polar surface area (TPSA) is 85.1 Å². The van der Waals surface area contributed by atoms with Gasteiger partial charge >= 0.3 is 0 Å². The van der Waals surface area contributed by atoms with Crippen molar-refractivity contribution in [3.8, 4) is 0 Å². The van der Waals surface area contributed by atoms with Crippen molar-refractivity contribution >= 4 is 15.7 Å². The van der Waals surface area contributed by atoms with Crippen LogP contribution in [0.3, 0.4) is 0 Å². The summed E-state index contributed by atoms with van der Waals surface area (Å²) in [4.78, 5) is 3.80. The number of nitrogens with one attached hydrogen (secondary N) is 1. The first kappa shape index (κ1) is 14.4. The van der Waals surface area contributed by atoms with E-state index in [1.165, 1.54) is 6.07 Å². The molecule has 2 aromatic rings. The number of rotatable bonds is 4. The molecule has 0 saturated carbocycles. The third-order valence-electron chi connectivity index (χ3n) is 2.82. The van der Waals surface area contributed by atoms with Gasteiger partial charge in [0.15, 0.2) is 0 Å². The predicted octanol–water partition coefficient (Wildman–Crippen LogP) is 1.84. The second kappa shape index (κ2) is 5.56. The zero-order chi connectivity index (χ0) is 14.8. The highest BCUT2D eigenvalue weighted by Gasteiger charge is 2.19. The number of sulfonamides is 1. The summed E-state index contributed by atoms with van der Waals surface area (Å²) in [7, 11) is -3.76. The number of aromatic nitrogens is 1. The molecule has 0 aliphatic rings. The highest BCUT2D eigenvalue weighted by molar-refractivity contribution is 7.89. The molecule has 106 valence electrons. The van der Waals surface area contributed by atoms with Crippen molar-refractivity contribution in [3.63, 3.8) is 0 Å². The first-order valence-electron chi connectivity index (χ1n) is 5.87. The maximum atomic E-state index is 13.1. The first-order valence-corrected chi connectivity index (χ1v) is 7.36. The Balaban J connectivity index is 2.25. The van der Waals surface area contributed by atoms with E-state index in [2.05, 4.69) is 9.71 Å². The fourth-order valence-corrected chi connectivity index (χ4v) is 2.98. The van der Waals surface area contributed by atoms with Crippen LogP contribution >= 0.6 is 0 Å². The second-order valence-corrected chi connectivity index (χ2v) is 6.02. The van der Waals surface area contributed by atoms with E-state index in [4.69, 9.17) is 5.73 Å². The van der Waals surface area contributed by atoms with Gasteiger partial charge in [0.1, 0.15) is 5.82 Å². The highest BCUT2D eigenvalue weighted by atomic mass is 32.2. The number of anilines is 1. The number of nitrogen functional groups attached to an aromatic ring is 1. The number of halogens is 1. The van der Waals surface area contributed by atoms with Crippen molar-refractivity contribution in [2.75, 3.05) is 5.73 Å². The van der Waals surface area contributed by atoms with Crippen molar-refractivity contribution in [1.29, 1.82) is 0 Å². The highest BCUT2D eigenvalue weighted by Crippen LogP contribution is 2.19. The van der Waals surface area contributed by atoms with E-state index in [1.54, 1.807) is 31.5 Å². The molecule has 0 spiro atoms. The van der Waals surface area contributed by atoms with E-state index >= 15 is 0 Å². The Bertz CT molecular complexity index is 705.